The molecular weight excluding hydrogens is 283 g/mol. The highest BCUT2D eigenvalue weighted by Gasteiger charge is 2.19. The molecule has 0 fully saturated rings. The number of hydrogen-bond donors (Lipinski definition) is 0. The molecule has 0 aliphatic rings. The number of hydrogen-bond acceptors (Lipinski definition) is 5. The van der Waals surface area contributed by atoms with Gasteiger partial charge in [-0.15, -0.1) is 0 Å². The van der Waals surface area contributed by atoms with E-state index in [2.05, 4.69) is 0 Å². The van der Waals surface area contributed by atoms with E-state index in [-0.39, 0.29) is 16.8 Å². The molecule has 0 radical (unpaired) electrons. The third-order valence-corrected chi connectivity index (χ3v) is 2.72. The number of carbonyl (C=O) groups excluding carboxylic acids is 1. The predicted octanol–water partition coefficient (Wildman–Crippen LogP) is 2.87. The van der Waals surface area contributed by atoms with Crippen LogP contribution in [0.25, 0.3) is 0 Å². The molecule has 0 atom stereocenters. The van der Waals surface area contributed by atoms with Crippen LogP contribution in [0, 0.1) is 26.0 Å². The normalized spacial score (nSPS) is 10.1. The summed E-state index contributed by atoms with van der Waals surface area (Å²) in [6, 6.07) is 7.62. The van der Waals surface area contributed by atoms with Crippen LogP contribution in [0.4, 0.5) is 15.8 Å². The molecule has 0 spiro atoms. The number of nitro groups is 2. The number of carbonyl (C=O) groups is 1. The van der Waals surface area contributed by atoms with Gasteiger partial charge in [0.25, 0.3) is 5.69 Å². The van der Waals surface area contributed by atoms with E-state index in [0.717, 1.165) is 24.3 Å². The number of non-ortho nitro benzene ring substituents is 1. The van der Waals surface area contributed by atoms with Crippen molar-refractivity contribution in [2.24, 2.45) is 0 Å². The Balaban J connectivity index is 2.45. The molecule has 0 aromatic heterocycles. The van der Waals surface area contributed by atoms with Crippen LogP contribution in [0.2, 0.25) is 0 Å². The molecule has 0 saturated carbocycles. The Morgan fingerprint density at radius 2 is 1.62 bits per heavy atom. The summed E-state index contributed by atoms with van der Waals surface area (Å²) in [6.07, 6.45) is 0. The average Bonchev–Trinajstić information content (AvgIpc) is 2.46. The van der Waals surface area contributed by atoms with Gasteiger partial charge in [0.1, 0.15) is 0 Å². The van der Waals surface area contributed by atoms with Gasteiger partial charge in [-0.2, -0.15) is 4.39 Å². The molecule has 0 aliphatic carbocycles. The van der Waals surface area contributed by atoms with Crippen LogP contribution in [0.1, 0.15) is 15.9 Å². The molecule has 0 bridgehead atoms. The summed E-state index contributed by atoms with van der Waals surface area (Å²) in [7, 11) is 0. The Bertz CT molecular complexity index is 760. The molecule has 2 aromatic carbocycles. The molecule has 21 heavy (non-hydrogen) atoms. The van der Waals surface area contributed by atoms with E-state index in [1.54, 1.807) is 0 Å². The zero-order valence-corrected chi connectivity index (χ0v) is 10.4. The minimum absolute atomic E-state index is 0.00916. The van der Waals surface area contributed by atoms with Gasteiger partial charge in [-0.3, -0.25) is 25.0 Å². The smallest absolute Gasteiger partial charge is 0.289 e. The van der Waals surface area contributed by atoms with Crippen LogP contribution in [-0.2, 0) is 0 Å². The van der Waals surface area contributed by atoms with E-state index < -0.39 is 27.1 Å². The molecule has 2 aromatic rings. The molecule has 0 amide bonds. The van der Waals surface area contributed by atoms with Crippen LogP contribution in [-0.4, -0.2) is 15.6 Å². The Morgan fingerprint density at radius 3 is 2.24 bits per heavy atom. The second kappa shape index (κ2) is 5.45. The maximum absolute atomic E-state index is 13.2. The maximum Gasteiger partial charge on any atom is 0.305 e. The van der Waals surface area contributed by atoms with E-state index in [1.165, 1.54) is 18.2 Å². The van der Waals surface area contributed by atoms with Crippen molar-refractivity contribution in [1.29, 1.82) is 0 Å². The van der Waals surface area contributed by atoms with Gasteiger partial charge in [-0.25, -0.2) is 0 Å². The summed E-state index contributed by atoms with van der Waals surface area (Å²) in [6.45, 7) is 0. The molecule has 8 heteroatoms. The molecule has 0 N–H and O–H groups in total. The highest BCUT2D eigenvalue weighted by Crippen LogP contribution is 2.22. The molecule has 0 heterocycles. The average molecular weight is 290 g/mol. The quantitative estimate of drug-likeness (QED) is 0.489. The Morgan fingerprint density at radius 1 is 0.952 bits per heavy atom. The number of benzene rings is 2. The van der Waals surface area contributed by atoms with Gasteiger partial charge >= 0.3 is 5.69 Å². The first-order valence-corrected chi connectivity index (χ1v) is 5.63. The lowest BCUT2D eigenvalue weighted by atomic mass is 10.0. The summed E-state index contributed by atoms with van der Waals surface area (Å²) in [5.74, 6) is -1.72. The first-order valence-electron chi connectivity index (χ1n) is 5.63. The van der Waals surface area contributed by atoms with Crippen LogP contribution >= 0.6 is 0 Å². The molecule has 0 aliphatic heterocycles. The van der Waals surface area contributed by atoms with Crippen molar-refractivity contribution < 1.29 is 19.0 Å². The van der Waals surface area contributed by atoms with E-state index >= 15 is 0 Å². The van der Waals surface area contributed by atoms with E-state index in [9.17, 15) is 29.4 Å². The fourth-order valence-electron chi connectivity index (χ4n) is 1.72. The monoisotopic (exact) mass is 290 g/mol. The zero-order valence-electron chi connectivity index (χ0n) is 10.4. The minimum atomic E-state index is -1.06. The van der Waals surface area contributed by atoms with Crippen molar-refractivity contribution in [2.75, 3.05) is 0 Å². The SMILES string of the molecule is O=C(c1cccc([N+](=O)[O-])c1)c1ccc(F)c([N+](=O)[O-])c1. The lowest BCUT2D eigenvalue weighted by Crippen LogP contribution is -2.04. The number of nitrogens with zero attached hydrogens (tertiary/aromatic N) is 2. The van der Waals surface area contributed by atoms with Gasteiger partial charge in [-0.1, -0.05) is 12.1 Å². The van der Waals surface area contributed by atoms with Crippen molar-refractivity contribution in [3.63, 3.8) is 0 Å². The topological polar surface area (TPSA) is 103 Å². The Kier molecular flexibility index (Phi) is 3.70. The lowest BCUT2D eigenvalue weighted by Gasteiger charge is -2.02. The van der Waals surface area contributed by atoms with E-state index in [4.69, 9.17) is 0 Å². The van der Waals surface area contributed by atoms with Gasteiger partial charge in [0.05, 0.1) is 9.85 Å². The maximum atomic E-state index is 13.2. The van der Waals surface area contributed by atoms with Crippen LogP contribution in [0.3, 0.4) is 0 Å². The van der Waals surface area contributed by atoms with Crippen LogP contribution in [0.5, 0.6) is 0 Å². The summed E-state index contributed by atoms with van der Waals surface area (Å²) in [5, 5.41) is 21.3. The third-order valence-electron chi connectivity index (χ3n) is 2.72. The summed E-state index contributed by atoms with van der Waals surface area (Å²) in [5.41, 5.74) is -1.24. The standard InChI is InChI=1S/C13H7FN2O5/c14-11-5-4-9(7-12(11)16(20)21)13(17)8-2-1-3-10(6-8)15(18)19/h1-7H. The van der Waals surface area contributed by atoms with Crippen LogP contribution in [0.15, 0.2) is 42.5 Å². The molecule has 0 saturated heterocycles. The van der Waals surface area contributed by atoms with Crippen molar-refractivity contribution in [3.05, 3.63) is 79.6 Å². The minimum Gasteiger partial charge on any atom is -0.289 e. The number of halogens is 1. The second-order valence-electron chi connectivity index (χ2n) is 4.06. The van der Waals surface area contributed by atoms with Gasteiger partial charge in [0, 0.05) is 29.3 Å². The number of ketones is 1. The fraction of sp³-hybridized carbons (Fsp3) is 0. The van der Waals surface area contributed by atoms with Gasteiger partial charge < -0.3 is 0 Å². The number of nitro benzene ring substituents is 2. The molecular formula is C13H7FN2O5. The highest BCUT2D eigenvalue weighted by molar-refractivity contribution is 6.09. The largest absolute Gasteiger partial charge is 0.305 e. The molecule has 106 valence electrons. The third kappa shape index (κ3) is 2.89. The van der Waals surface area contributed by atoms with Crippen molar-refractivity contribution in [2.45, 2.75) is 0 Å². The highest BCUT2D eigenvalue weighted by atomic mass is 19.1. The second-order valence-corrected chi connectivity index (χ2v) is 4.06. The Labute approximate surface area is 116 Å². The summed E-state index contributed by atoms with van der Waals surface area (Å²) < 4.78 is 13.2. The predicted molar refractivity (Wildman–Crippen MR) is 69.6 cm³/mol. The van der Waals surface area contributed by atoms with Gasteiger partial charge in [0.2, 0.25) is 5.82 Å². The van der Waals surface area contributed by atoms with Crippen molar-refractivity contribution >= 4 is 17.2 Å². The fourth-order valence-corrected chi connectivity index (χ4v) is 1.72. The van der Waals surface area contributed by atoms with Crippen molar-refractivity contribution in [1.82, 2.24) is 0 Å². The molecule has 2 rings (SSSR count). The van der Waals surface area contributed by atoms with E-state index in [0.29, 0.717) is 0 Å². The van der Waals surface area contributed by atoms with Gasteiger partial charge in [-0.05, 0) is 12.1 Å². The van der Waals surface area contributed by atoms with E-state index in [1.807, 2.05) is 0 Å². The lowest BCUT2D eigenvalue weighted by molar-refractivity contribution is -0.387. The molecule has 7 nitrogen and oxygen atoms in total. The Hall–Kier alpha value is -3.16. The summed E-state index contributed by atoms with van der Waals surface area (Å²) in [4.78, 5) is 31.8. The zero-order chi connectivity index (χ0) is 15.6. The van der Waals surface area contributed by atoms with Gasteiger partial charge in [0.15, 0.2) is 5.78 Å². The molecule has 0 unspecified atom stereocenters. The van der Waals surface area contributed by atoms with Crippen LogP contribution < -0.4 is 0 Å². The van der Waals surface area contributed by atoms with Crippen molar-refractivity contribution in [3.8, 4) is 0 Å². The first kappa shape index (κ1) is 14.3. The number of rotatable bonds is 4. The summed E-state index contributed by atoms with van der Waals surface area (Å²) >= 11 is 0. The first-order chi connectivity index (χ1) is 9.90.